The topological polar surface area (TPSA) is 51.5 Å². The van der Waals surface area contributed by atoms with E-state index in [1.807, 2.05) is 62.4 Å². The summed E-state index contributed by atoms with van der Waals surface area (Å²) in [7, 11) is 0. The van der Waals surface area contributed by atoms with Crippen LogP contribution in [0.4, 0.5) is 0 Å². The van der Waals surface area contributed by atoms with Gasteiger partial charge in [-0.25, -0.2) is 0 Å². The Labute approximate surface area is 141 Å². The minimum Gasteiger partial charge on any atom is -0.493 e. The number of amides is 1. The maximum absolute atomic E-state index is 12.5. The summed E-state index contributed by atoms with van der Waals surface area (Å²) in [6.07, 6.45) is 0.636. The largest absolute Gasteiger partial charge is 0.493 e. The zero-order valence-electron chi connectivity index (χ0n) is 13.9. The highest BCUT2D eigenvalue weighted by Gasteiger charge is 2.16. The standard InChI is InChI=1S/C20H21NO3/c1-3-23-19-11-7-5-9-17(19)20(22)21-14(2)12-16-13-15-8-4-6-10-18(15)24-16/h4-11,13-14H,3,12H2,1-2H3,(H,21,22). The SMILES string of the molecule is CCOc1ccccc1C(=O)NC(C)Cc1cc2ccccc2o1. The molecule has 1 heterocycles. The summed E-state index contributed by atoms with van der Waals surface area (Å²) >= 11 is 0. The van der Waals surface area contributed by atoms with E-state index in [9.17, 15) is 4.79 Å². The van der Waals surface area contributed by atoms with E-state index < -0.39 is 0 Å². The second-order valence-electron chi connectivity index (χ2n) is 5.76. The fourth-order valence-corrected chi connectivity index (χ4v) is 2.73. The first-order valence-electron chi connectivity index (χ1n) is 8.17. The first kappa shape index (κ1) is 16.1. The van der Waals surface area contributed by atoms with Crippen molar-refractivity contribution in [1.82, 2.24) is 5.32 Å². The molecule has 4 nitrogen and oxygen atoms in total. The zero-order valence-corrected chi connectivity index (χ0v) is 13.9. The summed E-state index contributed by atoms with van der Waals surface area (Å²) < 4.78 is 11.3. The van der Waals surface area contributed by atoms with E-state index in [1.165, 1.54) is 0 Å². The Morgan fingerprint density at radius 1 is 1.17 bits per heavy atom. The van der Waals surface area contributed by atoms with Gasteiger partial charge in [0.25, 0.3) is 5.91 Å². The molecule has 0 saturated carbocycles. The molecule has 3 aromatic rings. The molecule has 1 unspecified atom stereocenters. The molecular formula is C20H21NO3. The normalized spacial score (nSPS) is 12.1. The molecule has 0 spiro atoms. The lowest BCUT2D eigenvalue weighted by molar-refractivity contribution is 0.0935. The number of hydrogen-bond acceptors (Lipinski definition) is 3. The average Bonchev–Trinajstić information content (AvgIpc) is 2.97. The van der Waals surface area contributed by atoms with E-state index in [4.69, 9.17) is 9.15 Å². The van der Waals surface area contributed by atoms with Gasteiger partial charge in [0.05, 0.1) is 12.2 Å². The monoisotopic (exact) mass is 323 g/mol. The van der Waals surface area contributed by atoms with Crippen molar-refractivity contribution in [2.45, 2.75) is 26.3 Å². The third-order valence-corrected chi connectivity index (χ3v) is 3.79. The van der Waals surface area contributed by atoms with Crippen molar-refractivity contribution in [3.63, 3.8) is 0 Å². The predicted molar refractivity (Wildman–Crippen MR) is 94.5 cm³/mol. The van der Waals surface area contributed by atoms with Crippen molar-refractivity contribution in [2.24, 2.45) is 0 Å². The number of furan rings is 1. The Balaban J connectivity index is 1.68. The highest BCUT2D eigenvalue weighted by atomic mass is 16.5. The first-order valence-corrected chi connectivity index (χ1v) is 8.17. The van der Waals surface area contributed by atoms with Gasteiger partial charge in [-0.2, -0.15) is 0 Å². The van der Waals surface area contributed by atoms with Crippen LogP contribution in [-0.4, -0.2) is 18.6 Å². The minimum absolute atomic E-state index is 0.0484. The second kappa shape index (κ2) is 7.21. The number of para-hydroxylation sites is 2. The molecule has 4 heteroatoms. The lowest BCUT2D eigenvalue weighted by atomic mass is 10.1. The lowest BCUT2D eigenvalue weighted by Crippen LogP contribution is -2.34. The summed E-state index contributed by atoms with van der Waals surface area (Å²) in [6, 6.07) is 17.1. The quantitative estimate of drug-likeness (QED) is 0.740. The third kappa shape index (κ3) is 3.59. The highest BCUT2D eigenvalue weighted by molar-refractivity contribution is 5.97. The van der Waals surface area contributed by atoms with Crippen molar-refractivity contribution in [2.75, 3.05) is 6.61 Å². The lowest BCUT2D eigenvalue weighted by Gasteiger charge is -2.14. The molecule has 0 saturated heterocycles. The molecule has 2 aromatic carbocycles. The molecule has 0 aliphatic rings. The number of hydrogen-bond donors (Lipinski definition) is 1. The summed E-state index contributed by atoms with van der Waals surface area (Å²) in [4.78, 5) is 12.5. The van der Waals surface area contributed by atoms with E-state index in [0.717, 1.165) is 16.7 Å². The van der Waals surface area contributed by atoms with E-state index in [-0.39, 0.29) is 11.9 Å². The fraction of sp³-hybridized carbons (Fsp3) is 0.250. The van der Waals surface area contributed by atoms with Crippen LogP contribution in [0, 0.1) is 0 Å². The van der Waals surface area contributed by atoms with Crippen LogP contribution in [-0.2, 0) is 6.42 Å². The maximum Gasteiger partial charge on any atom is 0.255 e. The minimum atomic E-state index is -0.136. The maximum atomic E-state index is 12.5. The van der Waals surface area contributed by atoms with Gasteiger partial charge < -0.3 is 14.5 Å². The van der Waals surface area contributed by atoms with Crippen LogP contribution in [0.2, 0.25) is 0 Å². The summed E-state index contributed by atoms with van der Waals surface area (Å²) in [5.74, 6) is 1.33. The van der Waals surface area contributed by atoms with Gasteiger partial charge in [0.1, 0.15) is 17.1 Å². The van der Waals surface area contributed by atoms with Gasteiger partial charge in [0.2, 0.25) is 0 Å². The average molecular weight is 323 g/mol. The molecule has 1 atom stereocenters. The number of carbonyl (C=O) groups excluding carboxylic acids is 1. The predicted octanol–water partition coefficient (Wildman–Crippen LogP) is 4.19. The van der Waals surface area contributed by atoms with Gasteiger partial charge in [-0.1, -0.05) is 30.3 Å². The second-order valence-corrected chi connectivity index (χ2v) is 5.76. The highest BCUT2D eigenvalue weighted by Crippen LogP contribution is 2.21. The van der Waals surface area contributed by atoms with Crippen LogP contribution in [0.1, 0.15) is 30.0 Å². The van der Waals surface area contributed by atoms with E-state index in [0.29, 0.717) is 24.3 Å². The molecule has 0 aliphatic carbocycles. The van der Waals surface area contributed by atoms with Crippen molar-refractivity contribution >= 4 is 16.9 Å². The molecule has 3 rings (SSSR count). The molecule has 0 fully saturated rings. The van der Waals surface area contributed by atoms with E-state index in [1.54, 1.807) is 6.07 Å². The number of benzene rings is 2. The van der Waals surface area contributed by atoms with Gasteiger partial charge in [-0.05, 0) is 38.1 Å². The number of rotatable bonds is 6. The molecule has 0 radical (unpaired) electrons. The van der Waals surface area contributed by atoms with Gasteiger partial charge in [0, 0.05) is 17.8 Å². The van der Waals surface area contributed by atoms with Crippen LogP contribution < -0.4 is 10.1 Å². The number of fused-ring (bicyclic) bond motifs is 1. The smallest absolute Gasteiger partial charge is 0.255 e. The van der Waals surface area contributed by atoms with Crippen molar-refractivity contribution in [1.29, 1.82) is 0 Å². The van der Waals surface area contributed by atoms with Crippen molar-refractivity contribution in [3.05, 3.63) is 65.9 Å². The van der Waals surface area contributed by atoms with Crippen LogP contribution in [0.5, 0.6) is 5.75 Å². The summed E-state index contributed by atoms with van der Waals surface area (Å²) in [5.41, 5.74) is 1.42. The van der Waals surface area contributed by atoms with Crippen LogP contribution in [0.15, 0.2) is 59.0 Å². The summed E-state index contributed by atoms with van der Waals surface area (Å²) in [6.45, 7) is 4.39. The van der Waals surface area contributed by atoms with Gasteiger partial charge in [0.15, 0.2) is 0 Å². The first-order chi connectivity index (χ1) is 11.7. The molecule has 1 N–H and O–H groups in total. The number of nitrogens with one attached hydrogen (secondary N) is 1. The summed E-state index contributed by atoms with van der Waals surface area (Å²) in [5, 5.41) is 4.09. The molecule has 1 aromatic heterocycles. The van der Waals surface area contributed by atoms with Crippen LogP contribution in [0.3, 0.4) is 0 Å². The van der Waals surface area contributed by atoms with Crippen LogP contribution >= 0.6 is 0 Å². The third-order valence-electron chi connectivity index (χ3n) is 3.79. The Hall–Kier alpha value is -2.75. The fourth-order valence-electron chi connectivity index (χ4n) is 2.73. The van der Waals surface area contributed by atoms with Crippen molar-refractivity contribution in [3.8, 4) is 5.75 Å². The zero-order chi connectivity index (χ0) is 16.9. The van der Waals surface area contributed by atoms with Gasteiger partial charge in [-0.15, -0.1) is 0 Å². The molecular weight excluding hydrogens is 302 g/mol. The molecule has 0 bridgehead atoms. The number of carbonyl (C=O) groups is 1. The Bertz CT molecular complexity index is 805. The van der Waals surface area contributed by atoms with Crippen LogP contribution in [0.25, 0.3) is 11.0 Å². The molecule has 1 amide bonds. The Kier molecular flexibility index (Phi) is 4.85. The molecule has 0 aliphatic heterocycles. The van der Waals surface area contributed by atoms with Crippen molar-refractivity contribution < 1.29 is 13.9 Å². The van der Waals surface area contributed by atoms with Gasteiger partial charge >= 0.3 is 0 Å². The van der Waals surface area contributed by atoms with E-state index >= 15 is 0 Å². The Morgan fingerprint density at radius 2 is 1.92 bits per heavy atom. The number of ether oxygens (including phenoxy) is 1. The van der Waals surface area contributed by atoms with E-state index in [2.05, 4.69) is 5.32 Å². The Morgan fingerprint density at radius 3 is 2.71 bits per heavy atom. The molecule has 124 valence electrons. The molecule has 24 heavy (non-hydrogen) atoms. The van der Waals surface area contributed by atoms with Gasteiger partial charge in [-0.3, -0.25) is 4.79 Å².